The zero-order chi connectivity index (χ0) is 21.1. The molecule has 2 fully saturated rings. The van der Waals surface area contributed by atoms with E-state index < -0.39 is 0 Å². The van der Waals surface area contributed by atoms with E-state index in [0.717, 1.165) is 39.0 Å². The molecule has 4 nitrogen and oxygen atoms in total. The average molecular weight is 409 g/mol. The molecular formula is C26H36N2O2. The lowest BCUT2D eigenvalue weighted by atomic mass is 10.0. The van der Waals surface area contributed by atoms with Gasteiger partial charge in [-0.25, -0.2) is 0 Å². The van der Waals surface area contributed by atoms with E-state index >= 15 is 0 Å². The number of ether oxygens (including phenoxy) is 2. The smallest absolute Gasteiger partial charge is 0.154 e. The first kappa shape index (κ1) is 21.2. The van der Waals surface area contributed by atoms with Crippen molar-refractivity contribution in [3.05, 3.63) is 59.7 Å². The van der Waals surface area contributed by atoms with Gasteiger partial charge in [-0.05, 0) is 68.5 Å². The summed E-state index contributed by atoms with van der Waals surface area (Å²) in [5, 5.41) is 0. The van der Waals surface area contributed by atoms with Crippen molar-refractivity contribution in [1.82, 2.24) is 0 Å². The molecule has 2 saturated heterocycles. The van der Waals surface area contributed by atoms with Crippen molar-refractivity contribution in [2.75, 3.05) is 29.6 Å². The minimum Gasteiger partial charge on any atom is -0.371 e. The maximum absolute atomic E-state index is 5.57. The molecule has 2 aliphatic heterocycles. The fraction of sp³-hybridized carbons (Fsp3) is 0.538. The Kier molecular flexibility index (Phi) is 6.64. The van der Waals surface area contributed by atoms with E-state index in [1.165, 1.54) is 22.5 Å². The normalized spacial score (nSPS) is 21.7. The van der Waals surface area contributed by atoms with Gasteiger partial charge in [-0.3, -0.25) is 0 Å². The highest BCUT2D eigenvalue weighted by Gasteiger charge is 2.33. The fourth-order valence-corrected chi connectivity index (χ4v) is 4.08. The van der Waals surface area contributed by atoms with Crippen LogP contribution in [0.5, 0.6) is 0 Å². The molecule has 0 amide bonds. The predicted octanol–water partition coefficient (Wildman–Crippen LogP) is 5.24. The van der Waals surface area contributed by atoms with Crippen molar-refractivity contribution < 1.29 is 9.47 Å². The van der Waals surface area contributed by atoms with Gasteiger partial charge < -0.3 is 19.3 Å². The van der Waals surface area contributed by atoms with Crippen LogP contribution in [0.1, 0.15) is 51.7 Å². The standard InChI is InChI=1S/C26H36N2O2/c1-5-19(3)27(16-25-17-29-25)23-11-7-21(8-12-23)15-22-9-13-24(14-10-22)28(20(4)6-2)26-18-30-26/h7-14,19-20,25-26H,5-6,15-18H2,1-4H3. The van der Waals surface area contributed by atoms with Crippen molar-refractivity contribution in [2.24, 2.45) is 0 Å². The Bertz CT molecular complexity index is 797. The first-order valence-electron chi connectivity index (χ1n) is 11.5. The molecule has 0 N–H and O–H groups in total. The number of epoxide rings is 2. The van der Waals surface area contributed by atoms with Crippen LogP contribution in [-0.2, 0) is 15.9 Å². The van der Waals surface area contributed by atoms with Gasteiger partial charge in [0.2, 0.25) is 0 Å². The molecule has 2 aromatic rings. The van der Waals surface area contributed by atoms with Crippen LogP contribution in [0.25, 0.3) is 0 Å². The molecule has 30 heavy (non-hydrogen) atoms. The van der Waals surface area contributed by atoms with Gasteiger partial charge in [0.05, 0.1) is 19.3 Å². The summed E-state index contributed by atoms with van der Waals surface area (Å²) in [4.78, 5) is 4.89. The highest BCUT2D eigenvalue weighted by molar-refractivity contribution is 5.52. The molecule has 0 aliphatic carbocycles. The summed E-state index contributed by atoms with van der Waals surface area (Å²) >= 11 is 0. The van der Waals surface area contributed by atoms with E-state index in [0.29, 0.717) is 18.2 Å². The highest BCUT2D eigenvalue weighted by atomic mass is 16.6. The molecule has 4 rings (SSSR count). The Morgan fingerprint density at radius 1 is 0.800 bits per heavy atom. The van der Waals surface area contributed by atoms with Crippen LogP contribution in [0, 0.1) is 0 Å². The molecule has 0 aromatic heterocycles. The Balaban J connectivity index is 1.41. The Morgan fingerprint density at radius 3 is 1.80 bits per heavy atom. The topological polar surface area (TPSA) is 31.5 Å². The molecule has 2 aliphatic rings. The van der Waals surface area contributed by atoms with Gasteiger partial charge in [-0.2, -0.15) is 0 Å². The molecule has 0 radical (unpaired) electrons. The quantitative estimate of drug-likeness (QED) is 0.476. The van der Waals surface area contributed by atoms with Gasteiger partial charge >= 0.3 is 0 Å². The van der Waals surface area contributed by atoms with Crippen LogP contribution in [0.3, 0.4) is 0 Å². The molecule has 0 bridgehead atoms. The largest absolute Gasteiger partial charge is 0.371 e. The zero-order valence-electron chi connectivity index (χ0n) is 18.9. The Hall–Kier alpha value is -2.04. The molecule has 0 spiro atoms. The lowest BCUT2D eigenvalue weighted by molar-refractivity contribution is 0.381. The highest BCUT2D eigenvalue weighted by Crippen LogP contribution is 2.29. The van der Waals surface area contributed by atoms with Gasteiger partial charge in [0.15, 0.2) is 6.23 Å². The molecule has 2 aromatic carbocycles. The molecule has 4 heteroatoms. The summed E-state index contributed by atoms with van der Waals surface area (Å²) in [6.45, 7) is 11.8. The second kappa shape index (κ2) is 9.40. The Labute approximate surface area is 181 Å². The van der Waals surface area contributed by atoms with Crippen LogP contribution in [0.4, 0.5) is 11.4 Å². The number of anilines is 2. The summed E-state index contributed by atoms with van der Waals surface area (Å²) in [5.41, 5.74) is 5.25. The number of hydrogen-bond donors (Lipinski definition) is 0. The van der Waals surface area contributed by atoms with Gasteiger partial charge in [0.1, 0.15) is 0 Å². The first-order valence-corrected chi connectivity index (χ1v) is 11.5. The average Bonchev–Trinajstić information content (AvgIpc) is 3.69. The van der Waals surface area contributed by atoms with Crippen molar-refractivity contribution in [1.29, 1.82) is 0 Å². The molecule has 2 heterocycles. The minimum absolute atomic E-state index is 0.257. The third-order valence-electron chi connectivity index (χ3n) is 6.53. The van der Waals surface area contributed by atoms with E-state index in [-0.39, 0.29) is 6.23 Å². The maximum atomic E-state index is 5.57. The van der Waals surface area contributed by atoms with Gasteiger partial charge in [-0.15, -0.1) is 0 Å². The molecule has 4 atom stereocenters. The summed E-state index contributed by atoms with van der Waals surface area (Å²) in [5.74, 6) is 0. The van der Waals surface area contributed by atoms with Gasteiger partial charge in [0.25, 0.3) is 0 Å². The third kappa shape index (κ3) is 5.16. The van der Waals surface area contributed by atoms with E-state index in [2.05, 4.69) is 86.0 Å². The number of benzene rings is 2. The summed E-state index contributed by atoms with van der Waals surface area (Å²) in [7, 11) is 0. The summed E-state index contributed by atoms with van der Waals surface area (Å²) < 4.78 is 11.0. The van der Waals surface area contributed by atoms with E-state index in [1.807, 2.05) is 0 Å². The van der Waals surface area contributed by atoms with Crippen LogP contribution >= 0.6 is 0 Å². The van der Waals surface area contributed by atoms with Crippen molar-refractivity contribution in [2.45, 2.75) is 71.4 Å². The second-order valence-corrected chi connectivity index (χ2v) is 8.83. The molecule has 0 saturated carbocycles. The van der Waals surface area contributed by atoms with Crippen molar-refractivity contribution in [3.63, 3.8) is 0 Å². The molecule has 162 valence electrons. The SMILES string of the molecule is CCC(C)N(CC1CO1)c1ccc(Cc2ccc(N(C(C)CC)C3CO3)cc2)cc1. The van der Waals surface area contributed by atoms with Crippen LogP contribution in [0.2, 0.25) is 0 Å². The van der Waals surface area contributed by atoms with Crippen molar-refractivity contribution in [3.8, 4) is 0 Å². The number of rotatable bonds is 11. The Morgan fingerprint density at radius 2 is 1.33 bits per heavy atom. The fourth-order valence-electron chi connectivity index (χ4n) is 4.08. The van der Waals surface area contributed by atoms with Crippen LogP contribution < -0.4 is 9.80 Å². The van der Waals surface area contributed by atoms with E-state index in [9.17, 15) is 0 Å². The lowest BCUT2D eigenvalue weighted by Crippen LogP contribution is -2.35. The number of nitrogens with zero attached hydrogens (tertiary/aromatic N) is 2. The summed E-state index contributed by atoms with van der Waals surface area (Å²) in [6.07, 6.45) is 3.88. The lowest BCUT2D eigenvalue weighted by Gasteiger charge is -2.30. The van der Waals surface area contributed by atoms with E-state index in [1.54, 1.807) is 0 Å². The molecule has 4 unspecified atom stereocenters. The van der Waals surface area contributed by atoms with Crippen molar-refractivity contribution >= 4 is 11.4 Å². The first-order chi connectivity index (χ1) is 14.6. The molecular weight excluding hydrogens is 372 g/mol. The van der Waals surface area contributed by atoms with E-state index in [4.69, 9.17) is 9.47 Å². The monoisotopic (exact) mass is 408 g/mol. The van der Waals surface area contributed by atoms with Gasteiger partial charge in [-0.1, -0.05) is 38.1 Å². The second-order valence-electron chi connectivity index (χ2n) is 8.83. The zero-order valence-corrected chi connectivity index (χ0v) is 18.9. The summed E-state index contributed by atoms with van der Waals surface area (Å²) in [6, 6.07) is 19.1. The van der Waals surface area contributed by atoms with Crippen LogP contribution in [-0.4, -0.2) is 44.2 Å². The van der Waals surface area contributed by atoms with Gasteiger partial charge in [0, 0.05) is 30.0 Å². The van der Waals surface area contributed by atoms with Crippen LogP contribution in [0.15, 0.2) is 48.5 Å². The minimum atomic E-state index is 0.257. The number of hydrogen-bond acceptors (Lipinski definition) is 4. The third-order valence-corrected chi connectivity index (χ3v) is 6.53. The predicted molar refractivity (Wildman–Crippen MR) is 125 cm³/mol. The maximum Gasteiger partial charge on any atom is 0.154 e.